The quantitative estimate of drug-likeness (QED) is 0.863. The van der Waals surface area contributed by atoms with Crippen molar-refractivity contribution in [3.05, 3.63) is 52.2 Å². The SMILES string of the molecule is Cc1c(Cl)nc(C2CC2)nc1NCc1ccc(F)cc1. The van der Waals surface area contributed by atoms with Crippen LogP contribution in [-0.4, -0.2) is 9.97 Å². The largest absolute Gasteiger partial charge is 0.366 e. The number of benzene rings is 1. The topological polar surface area (TPSA) is 37.8 Å². The monoisotopic (exact) mass is 291 g/mol. The molecule has 0 bridgehead atoms. The minimum Gasteiger partial charge on any atom is -0.366 e. The van der Waals surface area contributed by atoms with Gasteiger partial charge in [-0.3, -0.25) is 0 Å². The highest BCUT2D eigenvalue weighted by Gasteiger charge is 2.27. The maximum Gasteiger partial charge on any atom is 0.137 e. The van der Waals surface area contributed by atoms with E-state index in [1.165, 1.54) is 12.1 Å². The molecule has 1 aromatic heterocycles. The number of halogens is 2. The zero-order chi connectivity index (χ0) is 14.1. The van der Waals surface area contributed by atoms with Crippen molar-refractivity contribution >= 4 is 17.4 Å². The van der Waals surface area contributed by atoms with Crippen molar-refractivity contribution in [3.63, 3.8) is 0 Å². The van der Waals surface area contributed by atoms with Gasteiger partial charge in [-0.05, 0) is 37.5 Å². The second-order valence-electron chi connectivity index (χ2n) is 5.10. The maximum absolute atomic E-state index is 12.9. The fourth-order valence-corrected chi connectivity index (χ4v) is 2.17. The fourth-order valence-electron chi connectivity index (χ4n) is 1.99. The fraction of sp³-hybridized carbons (Fsp3) is 0.333. The molecule has 1 N–H and O–H groups in total. The van der Waals surface area contributed by atoms with Gasteiger partial charge >= 0.3 is 0 Å². The molecule has 3 rings (SSSR count). The van der Waals surface area contributed by atoms with E-state index in [9.17, 15) is 4.39 Å². The van der Waals surface area contributed by atoms with E-state index in [1.807, 2.05) is 6.92 Å². The van der Waals surface area contributed by atoms with Crippen LogP contribution in [0.25, 0.3) is 0 Å². The summed E-state index contributed by atoms with van der Waals surface area (Å²) >= 11 is 6.15. The molecule has 0 spiro atoms. The predicted molar refractivity (Wildman–Crippen MR) is 77.5 cm³/mol. The summed E-state index contributed by atoms with van der Waals surface area (Å²) in [6, 6.07) is 6.41. The Bertz CT molecular complexity index is 624. The van der Waals surface area contributed by atoms with E-state index in [2.05, 4.69) is 15.3 Å². The van der Waals surface area contributed by atoms with Crippen LogP contribution < -0.4 is 5.32 Å². The van der Waals surface area contributed by atoms with Gasteiger partial charge in [-0.2, -0.15) is 0 Å². The van der Waals surface area contributed by atoms with Gasteiger partial charge < -0.3 is 5.32 Å². The Labute approximate surface area is 122 Å². The number of nitrogens with one attached hydrogen (secondary N) is 1. The molecule has 1 aromatic carbocycles. The first kappa shape index (κ1) is 13.3. The van der Waals surface area contributed by atoms with Gasteiger partial charge in [0.1, 0.15) is 22.6 Å². The lowest BCUT2D eigenvalue weighted by Crippen LogP contribution is -2.07. The highest BCUT2D eigenvalue weighted by atomic mass is 35.5. The summed E-state index contributed by atoms with van der Waals surface area (Å²) < 4.78 is 12.9. The van der Waals surface area contributed by atoms with Crippen molar-refractivity contribution in [2.24, 2.45) is 0 Å². The number of hydrogen-bond acceptors (Lipinski definition) is 3. The highest BCUT2D eigenvalue weighted by molar-refractivity contribution is 6.30. The van der Waals surface area contributed by atoms with Crippen LogP contribution in [0.2, 0.25) is 5.15 Å². The summed E-state index contributed by atoms with van der Waals surface area (Å²) in [7, 11) is 0. The molecule has 1 aliphatic carbocycles. The zero-order valence-corrected chi connectivity index (χ0v) is 11.9. The predicted octanol–water partition coefficient (Wildman–Crippen LogP) is 4.07. The normalized spacial score (nSPS) is 14.3. The molecular formula is C15H15ClFN3. The van der Waals surface area contributed by atoms with Gasteiger partial charge in [-0.25, -0.2) is 14.4 Å². The molecule has 0 saturated heterocycles. The Balaban J connectivity index is 1.77. The van der Waals surface area contributed by atoms with Gasteiger partial charge in [0.05, 0.1) is 0 Å². The van der Waals surface area contributed by atoms with Gasteiger partial charge in [-0.15, -0.1) is 0 Å². The van der Waals surface area contributed by atoms with Crippen molar-refractivity contribution in [2.45, 2.75) is 32.2 Å². The van der Waals surface area contributed by atoms with Crippen LogP contribution in [-0.2, 0) is 6.54 Å². The minimum absolute atomic E-state index is 0.231. The molecule has 104 valence electrons. The van der Waals surface area contributed by atoms with Gasteiger partial charge in [0, 0.05) is 18.0 Å². The third-order valence-electron chi connectivity index (χ3n) is 3.42. The summed E-state index contributed by atoms with van der Waals surface area (Å²) in [6.07, 6.45) is 2.27. The van der Waals surface area contributed by atoms with E-state index >= 15 is 0 Å². The number of rotatable bonds is 4. The van der Waals surface area contributed by atoms with E-state index in [0.29, 0.717) is 17.6 Å². The first-order valence-electron chi connectivity index (χ1n) is 6.66. The Morgan fingerprint density at radius 1 is 1.25 bits per heavy atom. The molecule has 5 heteroatoms. The van der Waals surface area contributed by atoms with Gasteiger partial charge in [0.25, 0.3) is 0 Å². The van der Waals surface area contributed by atoms with Gasteiger partial charge in [-0.1, -0.05) is 23.7 Å². The Morgan fingerprint density at radius 2 is 1.95 bits per heavy atom. The number of nitrogens with zero attached hydrogens (tertiary/aromatic N) is 2. The summed E-state index contributed by atoms with van der Waals surface area (Å²) in [5, 5.41) is 3.76. The second-order valence-corrected chi connectivity index (χ2v) is 5.46. The van der Waals surface area contributed by atoms with Crippen molar-refractivity contribution in [2.75, 3.05) is 5.32 Å². The molecule has 0 atom stereocenters. The van der Waals surface area contributed by atoms with E-state index in [0.717, 1.165) is 35.6 Å². The standard InChI is InChI=1S/C15H15ClFN3/c1-9-13(16)19-15(11-4-5-11)20-14(9)18-8-10-2-6-12(17)7-3-10/h2-3,6-7,11H,4-5,8H2,1H3,(H,18,19,20). The highest BCUT2D eigenvalue weighted by Crippen LogP contribution is 2.39. The smallest absolute Gasteiger partial charge is 0.137 e. The molecule has 1 saturated carbocycles. The Morgan fingerprint density at radius 3 is 2.60 bits per heavy atom. The average Bonchev–Trinajstić information content (AvgIpc) is 3.26. The van der Waals surface area contributed by atoms with Crippen molar-refractivity contribution in [3.8, 4) is 0 Å². The van der Waals surface area contributed by atoms with E-state index in [-0.39, 0.29) is 5.82 Å². The molecule has 0 radical (unpaired) electrons. The molecular weight excluding hydrogens is 277 g/mol. The molecule has 0 unspecified atom stereocenters. The van der Waals surface area contributed by atoms with E-state index in [4.69, 9.17) is 11.6 Å². The lowest BCUT2D eigenvalue weighted by molar-refractivity contribution is 0.627. The zero-order valence-electron chi connectivity index (χ0n) is 11.2. The maximum atomic E-state index is 12.9. The molecule has 1 heterocycles. The third kappa shape index (κ3) is 2.90. The number of anilines is 1. The minimum atomic E-state index is -0.231. The summed E-state index contributed by atoms with van der Waals surface area (Å²) in [4.78, 5) is 8.87. The third-order valence-corrected chi connectivity index (χ3v) is 3.79. The molecule has 2 aromatic rings. The van der Waals surface area contributed by atoms with Gasteiger partial charge in [0.15, 0.2) is 0 Å². The summed E-state index contributed by atoms with van der Waals surface area (Å²) in [6.45, 7) is 2.48. The van der Waals surface area contributed by atoms with Crippen LogP contribution >= 0.6 is 11.6 Å². The van der Waals surface area contributed by atoms with Crippen molar-refractivity contribution < 1.29 is 4.39 Å². The molecule has 0 aliphatic heterocycles. The first-order chi connectivity index (χ1) is 9.63. The summed E-state index contributed by atoms with van der Waals surface area (Å²) in [5.74, 6) is 1.81. The molecule has 20 heavy (non-hydrogen) atoms. The van der Waals surface area contributed by atoms with Crippen LogP contribution in [0.1, 0.15) is 35.7 Å². The molecule has 0 amide bonds. The second kappa shape index (κ2) is 5.37. The number of aromatic nitrogens is 2. The molecule has 1 fully saturated rings. The lowest BCUT2D eigenvalue weighted by Gasteiger charge is -2.11. The van der Waals surface area contributed by atoms with Crippen LogP contribution in [0.5, 0.6) is 0 Å². The lowest BCUT2D eigenvalue weighted by atomic mass is 10.2. The van der Waals surface area contributed by atoms with Crippen molar-refractivity contribution in [1.29, 1.82) is 0 Å². The summed E-state index contributed by atoms with van der Waals surface area (Å²) in [5.41, 5.74) is 1.84. The number of hydrogen-bond donors (Lipinski definition) is 1. The van der Waals surface area contributed by atoms with Crippen LogP contribution in [0, 0.1) is 12.7 Å². The first-order valence-corrected chi connectivity index (χ1v) is 7.03. The van der Waals surface area contributed by atoms with E-state index in [1.54, 1.807) is 12.1 Å². The van der Waals surface area contributed by atoms with Crippen LogP contribution in [0.4, 0.5) is 10.2 Å². The Hall–Kier alpha value is -1.68. The van der Waals surface area contributed by atoms with Gasteiger partial charge in [0.2, 0.25) is 0 Å². The van der Waals surface area contributed by atoms with Crippen LogP contribution in [0.15, 0.2) is 24.3 Å². The van der Waals surface area contributed by atoms with Crippen LogP contribution in [0.3, 0.4) is 0 Å². The average molecular weight is 292 g/mol. The van der Waals surface area contributed by atoms with Crippen molar-refractivity contribution in [1.82, 2.24) is 9.97 Å². The Kier molecular flexibility index (Phi) is 3.57. The van der Waals surface area contributed by atoms with E-state index < -0.39 is 0 Å². The molecule has 3 nitrogen and oxygen atoms in total. The molecule has 1 aliphatic rings.